The van der Waals surface area contributed by atoms with E-state index in [0.29, 0.717) is 12.0 Å². The van der Waals surface area contributed by atoms with E-state index < -0.39 is 0 Å². The molecule has 0 amide bonds. The smallest absolute Gasteiger partial charge is 0.0336 e. The van der Waals surface area contributed by atoms with Gasteiger partial charge in [-0.15, -0.1) is 0 Å². The monoisotopic (exact) mass is 208 g/mol. The van der Waals surface area contributed by atoms with Crippen molar-refractivity contribution in [1.29, 1.82) is 0 Å². The molecule has 0 saturated carbocycles. The van der Waals surface area contributed by atoms with Crippen LogP contribution in [0.5, 0.6) is 0 Å². The molecule has 0 aliphatic carbocycles. The lowest BCUT2D eigenvalue weighted by Crippen LogP contribution is -2.17. The lowest BCUT2D eigenvalue weighted by Gasteiger charge is -2.18. The van der Waals surface area contributed by atoms with Crippen LogP contribution in [0.2, 0.25) is 0 Å². The molecule has 1 atom stereocenters. The van der Waals surface area contributed by atoms with Gasteiger partial charge < -0.3 is 10.3 Å². The zero-order valence-corrected chi connectivity index (χ0v) is 10.8. The van der Waals surface area contributed by atoms with Crippen LogP contribution in [-0.2, 0) is 0 Å². The molecule has 2 heteroatoms. The van der Waals surface area contributed by atoms with Crippen LogP contribution in [0.25, 0.3) is 0 Å². The minimum Gasteiger partial charge on any atom is -0.346 e. The Morgan fingerprint density at radius 1 is 1.13 bits per heavy atom. The van der Waals surface area contributed by atoms with E-state index in [2.05, 4.69) is 52.2 Å². The Balaban J connectivity index is 3.17. The fourth-order valence-corrected chi connectivity index (χ4v) is 2.29. The second kappa shape index (κ2) is 4.40. The Labute approximate surface area is 93.5 Å². The van der Waals surface area contributed by atoms with Gasteiger partial charge in [-0.2, -0.15) is 0 Å². The Morgan fingerprint density at radius 2 is 1.67 bits per heavy atom. The highest BCUT2D eigenvalue weighted by atomic mass is 15.0. The van der Waals surface area contributed by atoms with Gasteiger partial charge >= 0.3 is 0 Å². The van der Waals surface area contributed by atoms with Gasteiger partial charge in [0.05, 0.1) is 0 Å². The van der Waals surface area contributed by atoms with E-state index >= 15 is 0 Å². The van der Waals surface area contributed by atoms with Gasteiger partial charge in [-0.1, -0.05) is 13.8 Å². The molecule has 1 aromatic rings. The van der Waals surface area contributed by atoms with Crippen molar-refractivity contribution in [2.24, 2.45) is 11.7 Å². The number of aromatic nitrogens is 1. The molecule has 0 fully saturated rings. The summed E-state index contributed by atoms with van der Waals surface area (Å²) in [5.41, 5.74) is 10.1. The summed E-state index contributed by atoms with van der Waals surface area (Å²) in [4.78, 5) is 0. The molecule has 15 heavy (non-hydrogen) atoms. The minimum atomic E-state index is 0.156. The van der Waals surface area contributed by atoms with Gasteiger partial charge in [0.15, 0.2) is 0 Å². The van der Waals surface area contributed by atoms with E-state index in [0.717, 1.165) is 0 Å². The molecule has 1 rings (SSSR count). The zero-order valence-electron chi connectivity index (χ0n) is 10.8. The predicted molar refractivity (Wildman–Crippen MR) is 66.1 cm³/mol. The lowest BCUT2D eigenvalue weighted by molar-refractivity contribution is 0.505. The fraction of sp³-hybridized carbons (Fsp3) is 0.692. The van der Waals surface area contributed by atoms with Gasteiger partial charge in [0.1, 0.15) is 0 Å². The van der Waals surface area contributed by atoms with Crippen molar-refractivity contribution in [1.82, 2.24) is 4.57 Å². The third-order valence-electron chi connectivity index (χ3n) is 3.12. The molecule has 0 aliphatic heterocycles. The van der Waals surface area contributed by atoms with Gasteiger partial charge in [-0.3, -0.25) is 0 Å². The lowest BCUT2D eigenvalue weighted by atomic mass is 9.97. The summed E-state index contributed by atoms with van der Waals surface area (Å²) < 4.78 is 2.36. The molecule has 2 nitrogen and oxygen atoms in total. The minimum absolute atomic E-state index is 0.156. The van der Waals surface area contributed by atoms with Crippen molar-refractivity contribution >= 4 is 0 Å². The summed E-state index contributed by atoms with van der Waals surface area (Å²) in [7, 11) is 0. The Bertz CT molecular complexity index is 335. The zero-order chi connectivity index (χ0) is 11.7. The Kier molecular flexibility index (Phi) is 3.61. The number of nitrogens with zero attached hydrogens (tertiary/aromatic N) is 1. The standard InChI is InChI=1S/C13H24N2/c1-8(2)13(14)12-7-10(5)15(9(3)4)11(12)6/h7-9,13H,14H2,1-6H3. The van der Waals surface area contributed by atoms with E-state index in [1.54, 1.807) is 0 Å². The number of hydrogen-bond donors (Lipinski definition) is 1. The SMILES string of the molecule is Cc1cc(C(N)C(C)C)c(C)n1C(C)C. The van der Waals surface area contributed by atoms with Crippen molar-refractivity contribution in [2.45, 2.75) is 53.6 Å². The van der Waals surface area contributed by atoms with Crippen molar-refractivity contribution in [2.75, 3.05) is 0 Å². The van der Waals surface area contributed by atoms with Crippen LogP contribution in [0.15, 0.2) is 6.07 Å². The molecular formula is C13H24N2. The maximum absolute atomic E-state index is 6.21. The van der Waals surface area contributed by atoms with Crippen molar-refractivity contribution in [3.63, 3.8) is 0 Å². The Hall–Kier alpha value is -0.760. The molecule has 2 N–H and O–H groups in total. The summed E-state index contributed by atoms with van der Waals surface area (Å²) in [6.45, 7) is 13.1. The first kappa shape index (κ1) is 12.3. The molecule has 0 aliphatic rings. The highest BCUT2D eigenvalue weighted by Gasteiger charge is 2.18. The van der Waals surface area contributed by atoms with Gasteiger partial charge in [0.25, 0.3) is 0 Å². The highest BCUT2D eigenvalue weighted by molar-refractivity contribution is 5.30. The van der Waals surface area contributed by atoms with E-state index in [9.17, 15) is 0 Å². The number of nitrogens with two attached hydrogens (primary N) is 1. The largest absolute Gasteiger partial charge is 0.346 e. The van der Waals surface area contributed by atoms with Crippen molar-refractivity contribution in [3.8, 4) is 0 Å². The third-order valence-corrected chi connectivity index (χ3v) is 3.12. The predicted octanol–water partition coefficient (Wildman–Crippen LogP) is 3.34. The molecular weight excluding hydrogens is 184 g/mol. The molecule has 0 bridgehead atoms. The van der Waals surface area contributed by atoms with Gasteiger partial charge in [0, 0.05) is 23.5 Å². The fourth-order valence-electron chi connectivity index (χ4n) is 2.29. The summed E-state index contributed by atoms with van der Waals surface area (Å²) in [6, 6.07) is 2.90. The molecule has 0 radical (unpaired) electrons. The first-order valence-corrected chi connectivity index (χ1v) is 5.80. The molecule has 0 saturated heterocycles. The van der Waals surface area contributed by atoms with E-state index in [1.807, 2.05) is 0 Å². The van der Waals surface area contributed by atoms with Crippen LogP contribution in [0, 0.1) is 19.8 Å². The summed E-state index contributed by atoms with van der Waals surface area (Å²) in [5.74, 6) is 0.492. The topological polar surface area (TPSA) is 30.9 Å². The summed E-state index contributed by atoms with van der Waals surface area (Å²) >= 11 is 0. The summed E-state index contributed by atoms with van der Waals surface area (Å²) in [5, 5.41) is 0. The average molecular weight is 208 g/mol. The number of hydrogen-bond acceptors (Lipinski definition) is 1. The second-order valence-electron chi connectivity index (χ2n) is 5.06. The van der Waals surface area contributed by atoms with Crippen LogP contribution >= 0.6 is 0 Å². The number of rotatable bonds is 3. The maximum Gasteiger partial charge on any atom is 0.0336 e. The van der Waals surface area contributed by atoms with Crippen LogP contribution < -0.4 is 5.73 Å². The molecule has 0 spiro atoms. The van der Waals surface area contributed by atoms with E-state index in [1.165, 1.54) is 17.0 Å². The quantitative estimate of drug-likeness (QED) is 0.811. The molecule has 1 aromatic heterocycles. The molecule has 86 valence electrons. The van der Waals surface area contributed by atoms with Gasteiger partial charge in [-0.05, 0) is 45.2 Å². The van der Waals surface area contributed by atoms with Crippen LogP contribution in [-0.4, -0.2) is 4.57 Å². The average Bonchev–Trinajstić information content (AvgIpc) is 2.40. The van der Waals surface area contributed by atoms with E-state index in [-0.39, 0.29) is 6.04 Å². The Morgan fingerprint density at radius 3 is 2.00 bits per heavy atom. The van der Waals surface area contributed by atoms with Gasteiger partial charge in [0.2, 0.25) is 0 Å². The molecule has 1 heterocycles. The highest BCUT2D eigenvalue weighted by Crippen LogP contribution is 2.27. The first-order valence-electron chi connectivity index (χ1n) is 5.80. The first-order chi connectivity index (χ1) is 6.86. The van der Waals surface area contributed by atoms with E-state index in [4.69, 9.17) is 5.73 Å². The summed E-state index contributed by atoms with van der Waals surface area (Å²) in [6.07, 6.45) is 0. The second-order valence-corrected chi connectivity index (χ2v) is 5.06. The molecule has 1 unspecified atom stereocenters. The third kappa shape index (κ3) is 2.25. The van der Waals surface area contributed by atoms with Crippen molar-refractivity contribution in [3.05, 3.63) is 23.0 Å². The molecule has 0 aromatic carbocycles. The number of aryl methyl sites for hydroxylation is 1. The van der Waals surface area contributed by atoms with Crippen LogP contribution in [0.3, 0.4) is 0 Å². The van der Waals surface area contributed by atoms with Crippen molar-refractivity contribution < 1.29 is 0 Å². The maximum atomic E-state index is 6.21. The van der Waals surface area contributed by atoms with Gasteiger partial charge in [-0.25, -0.2) is 0 Å². The normalized spacial score (nSPS) is 13.9. The van der Waals surface area contributed by atoms with Crippen LogP contribution in [0.1, 0.15) is 56.7 Å². The van der Waals surface area contributed by atoms with Crippen LogP contribution in [0.4, 0.5) is 0 Å².